The summed E-state index contributed by atoms with van der Waals surface area (Å²) in [5.41, 5.74) is -0.178. The van der Waals surface area contributed by atoms with E-state index in [0.29, 0.717) is 9.40 Å². The van der Waals surface area contributed by atoms with Crippen molar-refractivity contribution in [3.63, 3.8) is 0 Å². The number of rotatable bonds is 16. The molecule has 16 heteroatoms. The normalized spacial score (nSPS) is 11.1. The first kappa shape index (κ1) is 32.4. The zero-order valence-electron chi connectivity index (χ0n) is 22.7. The van der Waals surface area contributed by atoms with Crippen LogP contribution in [0.3, 0.4) is 0 Å². The monoisotopic (exact) mass is 748 g/mol. The summed E-state index contributed by atoms with van der Waals surface area (Å²) < 4.78 is 52.9. The number of ether oxygens (including phenoxy) is 4. The van der Waals surface area contributed by atoms with E-state index in [1.54, 1.807) is 22.6 Å². The minimum absolute atomic E-state index is 0.0250. The summed E-state index contributed by atoms with van der Waals surface area (Å²) in [6.07, 6.45) is -0.426. The molecule has 0 amide bonds. The molecule has 0 saturated heterocycles. The molecule has 2 heterocycles. The van der Waals surface area contributed by atoms with Crippen LogP contribution in [0.15, 0.2) is 12.1 Å². The second kappa shape index (κ2) is 14.3. The van der Waals surface area contributed by atoms with Gasteiger partial charge in [0.05, 0.1) is 43.3 Å². The van der Waals surface area contributed by atoms with Crippen molar-refractivity contribution in [3.8, 4) is 23.0 Å². The number of carboxylic acids is 1. The van der Waals surface area contributed by atoms with E-state index in [-0.39, 0.29) is 98.9 Å². The highest BCUT2D eigenvalue weighted by Crippen LogP contribution is 2.40. The Bertz CT molecular complexity index is 1600. The highest BCUT2D eigenvalue weighted by atomic mass is 127. The number of carbonyl (C=O) groups is 4. The zero-order valence-corrected chi connectivity index (χ0v) is 26.5. The standard InChI is InChI=1S/C27H23F2IN2O9S2/c1-38-14-10-16-22(31-26(42-16)12(33)4-6-18(30)35)20(28)24(14)40-8-3-9-41-25-15(39-2)11-17-23(21(25)29)32-27(43-17)13(34)5-7-19(36)37/h10-11H,3-9H2,1-2H3,(H,36,37). The summed E-state index contributed by atoms with van der Waals surface area (Å²) >= 11 is 3.51. The molecule has 1 N–H and O–H groups in total. The summed E-state index contributed by atoms with van der Waals surface area (Å²) in [6.45, 7) is -0.123. The molecule has 0 aliphatic heterocycles. The smallest absolute Gasteiger partial charge is 0.303 e. The maximum atomic E-state index is 15.3. The van der Waals surface area contributed by atoms with E-state index >= 15 is 8.78 Å². The third-order valence-corrected chi connectivity index (χ3v) is 8.53. The number of aliphatic carboxylic acids is 1. The molecule has 0 aliphatic rings. The average Bonchev–Trinajstić information content (AvgIpc) is 3.61. The van der Waals surface area contributed by atoms with Gasteiger partial charge in [0.25, 0.3) is 0 Å². The number of thiazole rings is 2. The lowest BCUT2D eigenvalue weighted by Crippen LogP contribution is -2.08. The minimum atomic E-state index is -1.13. The largest absolute Gasteiger partial charge is 0.493 e. The van der Waals surface area contributed by atoms with Crippen LogP contribution in [0.5, 0.6) is 23.0 Å². The van der Waals surface area contributed by atoms with Crippen LogP contribution in [-0.2, 0) is 9.59 Å². The Labute approximate surface area is 264 Å². The number of halogens is 3. The first-order chi connectivity index (χ1) is 20.5. The molecule has 43 heavy (non-hydrogen) atoms. The van der Waals surface area contributed by atoms with Gasteiger partial charge in [-0.3, -0.25) is 19.2 Å². The number of methoxy groups -OCH3 is 2. The van der Waals surface area contributed by atoms with Crippen LogP contribution < -0.4 is 18.9 Å². The fourth-order valence-corrected chi connectivity index (χ4v) is 6.03. The lowest BCUT2D eigenvalue weighted by atomic mass is 10.2. The number of ketones is 2. The number of hydrogen-bond donors (Lipinski definition) is 1. The maximum absolute atomic E-state index is 15.3. The fraction of sp³-hybridized carbons (Fsp3) is 0.333. The third-order valence-electron chi connectivity index (χ3n) is 5.91. The Kier molecular flexibility index (Phi) is 10.8. The summed E-state index contributed by atoms with van der Waals surface area (Å²) in [5, 5.41) is 8.84. The Balaban J connectivity index is 1.43. The van der Waals surface area contributed by atoms with Crippen molar-refractivity contribution < 1.29 is 52.0 Å². The number of carboxylic acid groups (broad SMARTS) is 1. The molecule has 0 spiro atoms. The van der Waals surface area contributed by atoms with E-state index in [9.17, 15) is 19.2 Å². The molecule has 0 fully saturated rings. The van der Waals surface area contributed by atoms with Gasteiger partial charge in [-0.1, -0.05) is 0 Å². The predicted molar refractivity (Wildman–Crippen MR) is 162 cm³/mol. The quantitative estimate of drug-likeness (QED) is 0.0620. The van der Waals surface area contributed by atoms with Crippen LogP contribution in [0, 0.1) is 11.6 Å². The van der Waals surface area contributed by atoms with E-state index in [4.69, 9.17) is 24.1 Å². The van der Waals surface area contributed by atoms with Crippen LogP contribution in [0.1, 0.15) is 51.7 Å². The highest BCUT2D eigenvalue weighted by molar-refractivity contribution is 14.1. The number of fused-ring (bicyclic) bond motifs is 2. The fourth-order valence-electron chi connectivity index (χ4n) is 3.84. The second-order valence-corrected chi connectivity index (χ2v) is 12.1. The van der Waals surface area contributed by atoms with Gasteiger partial charge < -0.3 is 24.1 Å². The Morgan fingerprint density at radius 3 is 1.63 bits per heavy atom. The van der Waals surface area contributed by atoms with Gasteiger partial charge in [0, 0.05) is 37.8 Å². The number of hydrogen-bond acceptors (Lipinski definition) is 12. The topological polar surface area (TPSA) is 151 Å². The molecular formula is C27H23F2IN2O9S2. The molecule has 0 radical (unpaired) electrons. The van der Waals surface area contributed by atoms with Crippen molar-refractivity contribution in [2.75, 3.05) is 27.4 Å². The van der Waals surface area contributed by atoms with Crippen molar-refractivity contribution in [2.45, 2.75) is 32.1 Å². The SMILES string of the molecule is COc1cc2sc(C(=O)CCC(=O)O)nc2c(F)c1OCCCOc1c(OC)cc2sc(C(=O)CCC(=O)I)nc2c1F. The molecule has 2 aromatic heterocycles. The summed E-state index contributed by atoms with van der Waals surface area (Å²) in [5.74, 6) is -3.98. The Morgan fingerprint density at radius 1 is 0.791 bits per heavy atom. The molecular weight excluding hydrogens is 725 g/mol. The van der Waals surface area contributed by atoms with Crippen molar-refractivity contribution in [1.82, 2.24) is 9.97 Å². The van der Waals surface area contributed by atoms with E-state index in [0.717, 1.165) is 22.7 Å². The zero-order chi connectivity index (χ0) is 31.3. The first-order valence-corrected chi connectivity index (χ1v) is 15.3. The molecule has 4 rings (SSSR count). The van der Waals surface area contributed by atoms with Gasteiger partial charge in [0.15, 0.2) is 60.0 Å². The molecule has 0 saturated carbocycles. The summed E-state index contributed by atoms with van der Waals surface area (Å²) in [6, 6.07) is 2.98. The number of aromatic nitrogens is 2. The number of Topliss-reactive ketones (excluding diaryl/α,β-unsaturated/α-hetero) is 2. The highest BCUT2D eigenvalue weighted by Gasteiger charge is 2.24. The maximum Gasteiger partial charge on any atom is 0.303 e. The Hall–Kier alpha value is -3.51. The third kappa shape index (κ3) is 7.53. The first-order valence-electron chi connectivity index (χ1n) is 12.6. The van der Waals surface area contributed by atoms with Gasteiger partial charge in [0.2, 0.25) is 0 Å². The minimum Gasteiger partial charge on any atom is -0.493 e. The number of benzene rings is 2. The molecule has 228 valence electrons. The van der Waals surface area contributed by atoms with Crippen molar-refractivity contribution in [1.29, 1.82) is 0 Å². The lowest BCUT2D eigenvalue weighted by Gasteiger charge is -2.14. The molecule has 11 nitrogen and oxygen atoms in total. The van der Waals surface area contributed by atoms with Gasteiger partial charge in [-0.25, -0.2) is 18.7 Å². The molecule has 0 unspecified atom stereocenters. The van der Waals surface area contributed by atoms with Crippen LogP contribution in [0.4, 0.5) is 8.78 Å². The van der Waals surface area contributed by atoms with E-state index < -0.39 is 23.4 Å². The van der Waals surface area contributed by atoms with Gasteiger partial charge in [-0.2, -0.15) is 0 Å². The molecule has 2 aromatic carbocycles. The second-order valence-electron chi connectivity index (χ2n) is 8.82. The van der Waals surface area contributed by atoms with E-state index in [2.05, 4.69) is 9.97 Å². The van der Waals surface area contributed by atoms with Gasteiger partial charge in [-0.15, -0.1) is 22.7 Å². The van der Waals surface area contributed by atoms with Crippen molar-refractivity contribution in [2.24, 2.45) is 0 Å². The molecule has 0 aliphatic carbocycles. The average molecular weight is 749 g/mol. The van der Waals surface area contributed by atoms with Gasteiger partial charge in [0.1, 0.15) is 11.0 Å². The summed E-state index contributed by atoms with van der Waals surface area (Å²) in [7, 11) is 2.66. The van der Waals surface area contributed by atoms with E-state index in [1.807, 2.05) is 0 Å². The van der Waals surface area contributed by atoms with Crippen LogP contribution in [-0.4, -0.2) is 63.8 Å². The van der Waals surface area contributed by atoms with E-state index in [1.165, 1.54) is 26.4 Å². The van der Waals surface area contributed by atoms with Gasteiger partial charge in [-0.05, 0) is 22.6 Å². The molecule has 4 aromatic rings. The lowest BCUT2D eigenvalue weighted by molar-refractivity contribution is -0.137. The van der Waals surface area contributed by atoms with Crippen molar-refractivity contribution >= 4 is 87.0 Å². The number of nitrogens with zero attached hydrogens (tertiary/aromatic N) is 2. The summed E-state index contributed by atoms with van der Waals surface area (Å²) in [4.78, 5) is 54.7. The Morgan fingerprint density at radius 2 is 1.23 bits per heavy atom. The van der Waals surface area contributed by atoms with Crippen LogP contribution >= 0.6 is 45.3 Å². The van der Waals surface area contributed by atoms with Crippen molar-refractivity contribution in [3.05, 3.63) is 33.8 Å². The predicted octanol–water partition coefficient (Wildman–Crippen LogP) is 6.02. The molecule has 0 bridgehead atoms. The van der Waals surface area contributed by atoms with Crippen LogP contribution in [0.25, 0.3) is 20.4 Å². The molecule has 0 atom stereocenters. The number of carbonyl (C=O) groups excluding carboxylic acids is 3. The van der Waals surface area contributed by atoms with Crippen LogP contribution in [0.2, 0.25) is 0 Å². The van der Waals surface area contributed by atoms with Gasteiger partial charge >= 0.3 is 5.97 Å².